The molecule has 1 unspecified atom stereocenters. The summed E-state index contributed by atoms with van der Waals surface area (Å²) in [6.45, 7) is 4.14. The highest BCUT2D eigenvalue weighted by Gasteiger charge is 2.14. The van der Waals surface area contributed by atoms with Gasteiger partial charge in [-0.1, -0.05) is 42.7 Å². The zero-order valence-electron chi connectivity index (χ0n) is 10.4. The van der Waals surface area contributed by atoms with E-state index in [1.807, 2.05) is 12.1 Å². The Kier molecular flexibility index (Phi) is 3.99. The highest BCUT2D eigenvalue weighted by molar-refractivity contribution is 6.30. The van der Waals surface area contributed by atoms with Crippen LogP contribution in [0.1, 0.15) is 19.7 Å². The third kappa shape index (κ3) is 3.09. The number of rotatable bonds is 4. The van der Waals surface area contributed by atoms with E-state index in [2.05, 4.69) is 24.0 Å². The molecule has 2 N–H and O–H groups in total. The molecule has 4 nitrogen and oxygen atoms in total. The molecule has 0 radical (unpaired) electrons. The molecule has 0 fully saturated rings. The highest BCUT2D eigenvalue weighted by Crippen LogP contribution is 2.20. The minimum Gasteiger partial charge on any atom is -0.339 e. The summed E-state index contributed by atoms with van der Waals surface area (Å²) in [7, 11) is 0. The second-order valence-electron chi connectivity index (χ2n) is 4.63. The lowest BCUT2D eigenvalue weighted by Gasteiger charge is -2.11. The quantitative estimate of drug-likeness (QED) is 0.923. The fourth-order valence-corrected chi connectivity index (χ4v) is 1.71. The molecule has 2 aromatic rings. The Balaban J connectivity index is 2.15. The predicted molar refractivity (Wildman–Crippen MR) is 71.3 cm³/mol. The van der Waals surface area contributed by atoms with Gasteiger partial charge in [0.25, 0.3) is 0 Å². The van der Waals surface area contributed by atoms with Gasteiger partial charge in [0.2, 0.25) is 11.7 Å². The van der Waals surface area contributed by atoms with Crippen LogP contribution in [0.25, 0.3) is 11.4 Å². The molecule has 0 bridgehead atoms. The van der Waals surface area contributed by atoms with Crippen molar-refractivity contribution in [3.8, 4) is 11.4 Å². The van der Waals surface area contributed by atoms with E-state index in [-0.39, 0.29) is 6.04 Å². The van der Waals surface area contributed by atoms with E-state index in [0.29, 0.717) is 29.1 Å². The molecule has 1 aromatic heterocycles. The van der Waals surface area contributed by atoms with Crippen LogP contribution in [0.4, 0.5) is 0 Å². The Morgan fingerprint density at radius 3 is 2.83 bits per heavy atom. The van der Waals surface area contributed by atoms with E-state index in [1.54, 1.807) is 12.1 Å². The zero-order valence-corrected chi connectivity index (χ0v) is 11.2. The number of halogens is 1. The first-order chi connectivity index (χ1) is 8.56. The van der Waals surface area contributed by atoms with Gasteiger partial charge in [-0.3, -0.25) is 0 Å². The van der Waals surface area contributed by atoms with Crippen LogP contribution in [0, 0.1) is 5.92 Å². The van der Waals surface area contributed by atoms with Crippen LogP contribution in [0.2, 0.25) is 5.02 Å². The maximum atomic E-state index is 5.97. The first-order valence-electron chi connectivity index (χ1n) is 5.90. The fourth-order valence-electron chi connectivity index (χ4n) is 1.52. The lowest BCUT2D eigenvalue weighted by atomic mass is 10.0. The molecule has 18 heavy (non-hydrogen) atoms. The standard InChI is InChI=1S/C13H16ClN3O/c1-8(2)11(15)7-12-16-13(17-18-12)9-4-3-5-10(14)6-9/h3-6,8,11H,7,15H2,1-2H3. The Hall–Kier alpha value is -1.39. The van der Waals surface area contributed by atoms with E-state index in [1.165, 1.54) is 0 Å². The van der Waals surface area contributed by atoms with Gasteiger partial charge in [0.05, 0.1) is 0 Å². The van der Waals surface area contributed by atoms with Gasteiger partial charge in [0.15, 0.2) is 0 Å². The molecule has 0 aliphatic carbocycles. The average Bonchev–Trinajstić information content (AvgIpc) is 2.77. The monoisotopic (exact) mass is 265 g/mol. The van der Waals surface area contributed by atoms with E-state index in [9.17, 15) is 0 Å². The minimum atomic E-state index is 0.0256. The van der Waals surface area contributed by atoms with Crippen LogP contribution in [-0.4, -0.2) is 16.2 Å². The van der Waals surface area contributed by atoms with E-state index < -0.39 is 0 Å². The molecular formula is C13H16ClN3O. The topological polar surface area (TPSA) is 64.9 Å². The lowest BCUT2D eigenvalue weighted by molar-refractivity contribution is 0.353. The van der Waals surface area contributed by atoms with Gasteiger partial charge < -0.3 is 10.3 Å². The van der Waals surface area contributed by atoms with Gasteiger partial charge in [-0.2, -0.15) is 4.98 Å². The number of nitrogens with zero attached hydrogens (tertiary/aromatic N) is 2. The highest BCUT2D eigenvalue weighted by atomic mass is 35.5. The summed E-state index contributed by atoms with van der Waals surface area (Å²) in [5, 5.41) is 4.59. The van der Waals surface area contributed by atoms with Crippen molar-refractivity contribution in [2.24, 2.45) is 11.7 Å². The molecule has 0 spiro atoms. The molecule has 0 saturated carbocycles. The normalized spacial score (nSPS) is 12.9. The van der Waals surface area contributed by atoms with Crippen LogP contribution < -0.4 is 5.73 Å². The van der Waals surface area contributed by atoms with Crippen LogP contribution in [0.3, 0.4) is 0 Å². The smallest absolute Gasteiger partial charge is 0.228 e. The van der Waals surface area contributed by atoms with Crippen LogP contribution in [0.5, 0.6) is 0 Å². The number of nitrogens with two attached hydrogens (primary N) is 1. The summed E-state index contributed by atoms with van der Waals surface area (Å²) in [5.41, 5.74) is 6.81. The maximum absolute atomic E-state index is 5.97. The summed E-state index contributed by atoms with van der Waals surface area (Å²) in [6, 6.07) is 7.38. The molecule has 2 rings (SSSR count). The third-order valence-corrected chi connectivity index (χ3v) is 3.05. The van der Waals surface area contributed by atoms with Crippen LogP contribution in [0.15, 0.2) is 28.8 Å². The van der Waals surface area contributed by atoms with Crippen molar-refractivity contribution < 1.29 is 4.52 Å². The summed E-state index contributed by atoms with van der Waals surface area (Å²) in [4.78, 5) is 4.33. The number of benzene rings is 1. The van der Waals surface area contributed by atoms with Crippen molar-refractivity contribution in [1.29, 1.82) is 0 Å². The Bertz CT molecular complexity index is 524. The molecule has 5 heteroatoms. The van der Waals surface area contributed by atoms with E-state index >= 15 is 0 Å². The summed E-state index contributed by atoms with van der Waals surface area (Å²) < 4.78 is 5.20. The first-order valence-corrected chi connectivity index (χ1v) is 6.28. The molecule has 0 amide bonds. The molecule has 0 saturated heterocycles. The van der Waals surface area contributed by atoms with Gasteiger partial charge in [-0.15, -0.1) is 0 Å². The maximum Gasteiger partial charge on any atom is 0.228 e. The van der Waals surface area contributed by atoms with Crippen LogP contribution >= 0.6 is 11.6 Å². The second kappa shape index (κ2) is 5.50. The Morgan fingerprint density at radius 1 is 1.39 bits per heavy atom. The van der Waals surface area contributed by atoms with Crippen molar-refractivity contribution in [3.05, 3.63) is 35.2 Å². The second-order valence-corrected chi connectivity index (χ2v) is 5.07. The number of hydrogen-bond acceptors (Lipinski definition) is 4. The minimum absolute atomic E-state index is 0.0256. The molecule has 0 aliphatic rings. The van der Waals surface area contributed by atoms with Crippen molar-refractivity contribution in [3.63, 3.8) is 0 Å². The van der Waals surface area contributed by atoms with Crippen molar-refractivity contribution in [2.45, 2.75) is 26.3 Å². The molecule has 1 aromatic carbocycles. The van der Waals surface area contributed by atoms with Gasteiger partial charge in [-0.05, 0) is 18.1 Å². The van der Waals surface area contributed by atoms with E-state index in [4.69, 9.17) is 21.9 Å². The third-order valence-electron chi connectivity index (χ3n) is 2.82. The van der Waals surface area contributed by atoms with Crippen molar-refractivity contribution >= 4 is 11.6 Å². The van der Waals surface area contributed by atoms with Gasteiger partial charge >= 0.3 is 0 Å². The summed E-state index contributed by atoms with van der Waals surface area (Å²) in [6.07, 6.45) is 0.589. The molecule has 96 valence electrons. The number of aromatic nitrogens is 2. The number of hydrogen-bond donors (Lipinski definition) is 1. The van der Waals surface area contributed by atoms with Crippen molar-refractivity contribution in [1.82, 2.24) is 10.1 Å². The SMILES string of the molecule is CC(C)C(N)Cc1nc(-c2cccc(Cl)c2)no1. The van der Waals surface area contributed by atoms with Gasteiger partial charge in [0.1, 0.15) is 0 Å². The summed E-state index contributed by atoms with van der Waals surface area (Å²) >= 11 is 5.92. The zero-order chi connectivity index (χ0) is 13.1. The van der Waals surface area contributed by atoms with Crippen LogP contribution in [-0.2, 0) is 6.42 Å². The summed E-state index contributed by atoms with van der Waals surface area (Å²) in [5.74, 6) is 1.49. The van der Waals surface area contributed by atoms with Gasteiger partial charge in [-0.25, -0.2) is 0 Å². The largest absolute Gasteiger partial charge is 0.339 e. The molecule has 1 atom stereocenters. The Labute approximate surface area is 111 Å². The first kappa shape index (κ1) is 13.1. The van der Waals surface area contributed by atoms with E-state index in [0.717, 1.165) is 5.56 Å². The molecule has 1 heterocycles. The lowest BCUT2D eigenvalue weighted by Crippen LogP contribution is -2.28. The van der Waals surface area contributed by atoms with Crippen molar-refractivity contribution in [2.75, 3.05) is 0 Å². The Morgan fingerprint density at radius 2 is 2.17 bits per heavy atom. The molecule has 0 aliphatic heterocycles. The fraction of sp³-hybridized carbons (Fsp3) is 0.385. The van der Waals surface area contributed by atoms with Gasteiger partial charge in [0, 0.05) is 23.0 Å². The molecular weight excluding hydrogens is 250 g/mol. The average molecular weight is 266 g/mol. The predicted octanol–water partition coefficient (Wildman–Crippen LogP) is 2.92.